The molecular weight excluding hydrogens is 226 g/mol. The number of nitrogens with zero attached hydrogens (tertiary/aromatic N) is 2. The Morgan fingerprint density at radius 1 is 1.33 bits per heavy atom. The monoisotopic (exact) mass is 237 g/mol. The van der Waals surface area contributed by atoms with Crippen LogP contribution in [0.1, 0.15) is 11.1 Å². The molecule has 3 nitrogen and oxygen atoms in total. The highest BCUT2D eigenvalue weighted by atomic mass is 32.2. The van der Waals surface area contributed by atoms with Gasteiger partial charge in [0.05, 0.1) is 0 Å². The summed E-state index contributed by atoms with van der Waals surface area (Å²) in [5.41, 5.74) is 9.78. The third kappa shape index (κ3) is 3.02. The lowest BCUT2D eigenvalue weighted by atomic mass is 10.1. The van der Waals surface area contributed by atoms with Crippen LogP contribution in [-0.4, -0.2) is 10.2 Å². The van der Waals surface area contributed by atoms with Gasteiger partial charge in [-0.2, -0.15) is 0 Å². The highest BCUT2D eigenvalue weighted by Gasteiger charge is 1.99. The maximum Gasteiger partial charge on any atom is 0.174 e. The Hall–Kier alpha value is -0.910. The Morgan fingerprint density at radius 3 is 2.93 bits per heavy atom. The molecule has 15 heavy (non-hydrogen) atoms. The lowest BCUT2D eigenvalue weighted by Gasteiger charge is -2.01. The number of aromatic nitrogens is 2. The zero-order valence-corrected chi connectivity index (χ0v) is 9.72. The van der Waals surface area contributed by atoms with Crippen molar-refractivity contribution in [2.24, 2.45) is 5.73 Å². The zero-order valence-electron chi connectivity index (χ0n) is 8.09. The summed E-state index contributed by atoms with van der Waals surface area (Å²) in [5, 5.41) is 7.78. The fourth-order valence-corrected chi connectivity index (χ4v) is 2.65. The third-order valence-electron chi connectivity index (χ3n) is 1.93. The van der Waals surface area contributed by atoms with Crippen molar-refractivity contribution < 1.29 is 0 Å². The number of hydrogen-bond donors (Lipinski definition) is 1. The van der Waals surface area contributed by atoms with Crippen LogP contribution < -0.4 is 5.73 Å². The molecule has 0 amide bonds. The van der Waals surface area contributed by atoms with Crippen LogP contribution in [0.5, 0.6) is 0 Å². The molecule has 1 heterocycles. The highest BCUT2D eigenvalue weighted by Crippen LogP contribution is 2.23. The number of thioether (sulfide) groups is 1. The van der Waals surface area contributed by atoms with Gasteiger partial charge in [0.15, 0.2) is 4.34 Å². The molecule has 1 aromatic carbocycles. The van der Waals surface area contributed by atoms with Gasteiger partial charge in [0.1, 0.15) is 5.51 Å². The van der Waals surface area contributed by atoms with Crippen LogP contribution in [0.3, 0.4) is 0 Å². The minimum atomic E-state index is 0.595. The number of benzene rings is 1. The van der Waals surface area contributed by atoms with E-state index in [0.29, 0.717) is 6.54 Å². The van der Waals surface area contributed by atoms with Gasteiger partial charge in [-0.3, -0.25) is 0 Å². The van der Waals surface area contributed by atoms with Crippen LogP contribution in [0.15, 0.2) is 34.1 Å². The van der Waals surface area contributed by atoms with Gasteiger partial charge in [-0.1, -0.05) is 47.4 Å². The summed E-state index contributed by atoms with van der Waals surface area (Å²) in [4.78, 5) is 0. The van der Waals surface area contributed by atoms with Crippen LogP contribution in [0.25, 0.3) is 0 Å². The van der Waals surface area contributed by atoms with E-state index in [-0.39, 0.29) is 0 Å². The summed E-state index contributed by atoms with van der Waals surface area (Å²) in [5.74, 6) is 0.920. The molecule has 2 rings (SSSR count). The molecule has 0 bridgehead atoms. The molecule has 0 atom stereocenters. The van der Waals surface area contributed by atoms with Crippen LogP contribution in [0.4, 0.5) is 0 Å². The molecule has 0 fully saturated rings. The Bertz CT molecular complexity index is 414. The second-order valence-corrected chi connectivity index (χ2v) is 5.07. The van der Waals surface area contributed by atoms with Crippen molar-refractivity contribution in [3.8, 4) is 0 Å². The van der Waals surface area contributed by atoms with E-state index in [0.717, 1.165) is 10.1 Å². The van der Waals surface area contributed by atoms with Crippen molar-refractivity contribution in [1.29, 1.82) is 0 Å². The Morgan fingerprint density at radius 2 is 2.20 bits per heavy atom. The minimum absolute atomic E-state index is 0.595. The number of rotatable bonds is 4. The average Bonchev–Trinajstić information content (AvgIpc) is 2.79. The fraction of sp³-hybridized carbons (Fsp3) is 0.200. The van der Waals surface area contributed by atoms with Crippen molar-refractivity contribution in [3.05, 3.63) is 40.9 Å². The summed E-state index contributed by atoms with van der Waals surface area (Å²) >= 11 is 3.27. The molecule has 5 heteroatoms. The number of hydrogen-bond acceptors (Lipinski definition) is 5. The molecule has 2 N–H and O–H groups in total. The van der Waals surface area contributed by atoms with Crippen LogP contribution >= 0.6 is 23.1 Å². The normalized spacial score (nSPS) is 10.5. The Labute approximate surface area is 96.7 Å². The van der Waals surface area contributed by atoms with Gasteiger partial charge in [-0.15, -0.1) is 10.2 Å². The molecule has 0 saturated heterocycles. The van der Waals surface area contributed by atoms with E-state index in [1.165, 1.54) is 11.1 Å². The summed E-state index contributed by atoms with van der Waals surface area (Å²) in [6.07, 6.45) is 0. The molecule has 0 radical (unpaired) electrons. The molecule has 1 aromatic heterocycles. The second-order valence-electron chi connectivity index (χ2n) is 3.02. The van der Waals surface area contributed by atoms with Gasteiger partial charge in [-0.05, 0) is 11.1 Å². The summed E-state index contributed by atoms with van der Waals surface area (Å²) in [7, 11) is 0. The molecule has 0 saturated carbocycles. The van der Waals surface area contributed by atoms with E-state index in [4.69, 9.17) is 5.73 Å². The van der Waals surface area contributed by atoms with E-state index >= 15 is 0 Å². The topological polar surface area (TPSA) is 51.8 Å². The molecular formula is C10H11N3S2. The van der Waals surface area contributed by atoms with Crippen molar-refractivity contribution in [1.82, 2.24) is 10.2 Å². The van der Waals surface area contributed by atoms with E-state index in [1.807, 2.05) is 12.1 Å². The van der Waals surface area contributed by atoms with Gasteiger partial charge in [0.25, 0.3) is 0 Å². The van der Waals surface area contributed by atoms with Gasteiger partial charge >= 0.3 is 0 Å². The molecule has 2 aromatic rings. The third-order valence-corrected chi connectivity index (χ3v) is 3.86. The van der Waals surface area contributed by atoms with Gasteiger partial charge in [0, 0.05) is 12.3 Å². The standard InChI is InChI=1S/C10H11N3S2/c11-5-8-2-1-3-9(4-8)6-14-10-13-12-7-15-10/h1-4,7H,5-6,11H2. The molecule has 0 aliphatic heterocycles. The summed E-state index contributed by atoms with van der Waals surface area (Å²) < 4.78 is 1.01. The predicted octanol–water partition coefficient (Wildman–Crippen LogP) is 2.29. The molecule has 0 unspecified atom stereocenters. The first-order chi connectivity index (χ1) is 7.38. The SMILES string of the molecule is NCc1cccc(CSc2nncs2)c1. The quantitative estimate of drug-likeness (QED) is 0.829. The lowest BCUT2D eigenvalue weighted by Crippen LogP contribution is -1.96. The Kier molecular flexibility index (Phi) is 3.71. The second kappa shape index (κ2) is 5.25. The first-order valence-corrected chi connectivity index (χ1v) is 6.42. The van der Waals surface area contributed by atoms with Crippen LogP contribution in [0, 0.1) is 0 Å². The minimum Gasteiger partial charge on any atom is -0.326 e. The zero-order chi connectivity index (χ0) is 10.5. The first kappa shape index (κ1) is 10.6. The first-order valence-electron chi connectivity index (χ1n) is 4.55. The Balaban J connectivity index is 1.98. The van der Waals surface area contributed by atoms with E-state index < -0.39 is 0 Å². The lowest BCUT2D eigenvalue weighted by molar-refractivity contribution is 1.01. The predicted molar refractivity (Wildman–Crippen MR) is 63.8 cm³/mol. The van der Waals surface area contributed by atoms with Crippen molar-refractivity contribution >= 4 is 23.1 Å². The highest BCUT2D eigenvalue weighted by molar-refractivity contribution is 8.00. The molecule has 0 aliphatic carbocycles. The van der Waals surface area contributed by atoms with E-state index in [1.54, 1.807) is 28.6 Å². The van der Waals surface area contributed by atoms with Gasteiger partial charge in [0.2, 0.25) is 0 Å². The maximum atomic E-state index is 5.58. The smallest absolute Gasteiger partial charge is 0.174 e. The average molecular weight is 237 g/mol. The summed E-state index contributed by atoms with van der Waals surface area (Å²) in [6.45, 7) is 0.595. The molecule has 78 valence electrons. The van der Waals surface area contributed by atoms with E-state index in [9.17, 15) is 0 Å². The van der Waals surface area contributed by atoms with Crippen molar-refractivity contribution in [2.45, 2.75) is 16.6 Å². The van der Waals surface area contributed by atoms with Gasteiger partial charge in [-0.25, -0.2) is 0 Å². The fourth-order valence-electron chi connectivity index (χ4n) is 1.22. The van der Waals surface area contributed by atoms with Gasteiger partial charge < -0.3 is 5.73 Å². The summed E-state index contributed by atoms with van der Waals surface area (Å²) in [6, 6.07) is 8.32. The van der Waals surface area contributed by atoms with E-state index in [2.05, 4.69) is 22.3 Å². The maximum absolute atomic E-state index is 5.58. The van der Waals surface area contributed by atoms with Crippen molar-refractivity contribution in [2.75, 3.05) is 0 Å². The van der Waals surface area contributed by atoms with Crippen molar-refractivity contribution in [3.63, 3.8) is 0 Å². The largest absolute Gasteiger partial charge is 0.326 e. The molecule has 0 spiro atoms. The molecule has 0 aliphatic rings. The van der Waals surface area contributed by atoms with Crippen LogP contribution in [0.2, 0.25) is 0 Å². The number of nitrogens with two attached hydrogens (primary N) is 1. The van der Waals surface area contributed by atoms with Crippen LogP contribution in [-0.2, 0) is 12.3 Å².